The number of carboxylic acids is 1. The van der Waals surface area contributed by atoms with Gasteiger partial charge in [0, 0.05) is 18.9 Å². The number of rotatable bonds is 5. The number of aromatic nitrogens is 4. The molecule has 0 bridgehead atoms. The Morgan fingerprint density at radius 2 is 2.08 bits per heavy atom. The van der Waals surface area contributed by atoms with Crippen LogP contribution in [0.1, 0.15) is 33.5 Å². The van der Waals surface area contributed by atoms with Crippen LogP contribution in [0.2, 0.25) is 0 Å². The van der Waals surface area contributed by atoms with Gasteiger partial charge in [0.05, 0.1) is 23.1 Å². The molecular weight excluding hydrogens is 322 g/mol. The third-order valence-electron chi connectivity index (χ3n) is 3.82. The van der Waals surface area contributed by atoms with Gasteiger partial charge in [-0.1, -0.05) is 13.0 Å². The molecule has 0 radical (unpaired) electrons. The molecule has 0 atom stereocenters. The number of carbonyl (C=O) groups excluding carboxylic acids is 1. The molecule has 8 nitrogen and oxygen atoms in total. The van der Waals surface area contributed by atoms with Gasteiger partial charge in [0.2, 0.25) is 0 Å². The lowest BCUT2D eigenvalue weighted by molar-refractivity contribution is 0.0689. The summed E-state index contributed by atoms with van der Waals surface area (Å²) in [6.45, 7) is 1.96. The fraction of sp³-hybridized carbons (Fsp3) is 0.176. The first-order valence-corrected chi connectivity index (χ1v) is 7.71. The number of aryl methyl sites for hydroxylation is 1. The Morgan fingerprint density at radius 1 is 1.28 bits per heavy atom. The number of nitrogens with zero attached hydrogens (tertiary/aromatic N) is 4. The average molecular weight is 339 g/mol. The van der Waals surface area contributed by atoms with Crippen LogP contribution in [0.5, 0.6) is 0 Å². The standard InChI is InChI=1S/C17H17N5O3/c1-3-15-13(10-18-21(15)2)16(23)19-11-5-4-6-12(9-11)22-8-7-14(20-22)17(24)25/h4-10H,3H2,1-2H3,(H,19,23)(H,24,25). The van der Waals surface area contributed by atoms with Crippen molar-refractivity contribution < 1.29 is 14.7 Å². The lowest BCUT2D eigenvalue weighted by Crippen LogP contribution is -2.14. The molecule has 25 heavy (non-hydrogen) atoms. The largest absolute Gasteiger partial charge is 0.476 e. The van der Waals surface area contributed by atoms with Gasteiger partial charge < -0.3 is 10.4 Å². The molecule has 2 N–H and O–H groups in total. The van der Waals surface area contributed by atoms with E-state index in [1.165, 1.54) is 10.7 Å². The fourth-order valence-electron chi connectivity index (χ4n) is 2.58. The second-order valence-electron chi connectivity index (χ2n) is 5.44. The van der Waals surface area contributed by atoms with E-state index in [1.807, 2.05) is 6.92 Å². The van der Waals surface area contributed by atoms with Crippen molar-refractivity contribution in [1.82, 2.24) is 19.6 Å². The van der Waals surface area contributed by atoms with Gasteiger partial charge >= 0.3 is 5.97 Å². The summed E-state index contributed by atoms with van der Waals surface area (Å²) in [5, 5.41) is 19.9. The van der Waals surface area contributed by atoms with Gasteiger partial charge in [0.15, 0.2) is 5.69 Å². The van der Waals surface area contributed by atoms with E-state index >= 15 is 0 Å². The van der Waals surface area contributed by atoms with Gasteiger partial charge in [-0.25, -0.2) is 9.48 Å². The molecule has 0 unspecified atom stereocenters. The summed E-state index contributed by atoms with van der Waals surface area (Å²) in [5.41, 5.74) is 2.57. The Labute approximate surface area is 143 Å². The van der Waals surface area contributed by atoms with E-state index < -0.39 is 5.97 Å². The van der Waals surface area contributed by atoms with Crippen LogP contribution in [-0.2, 0) is 13.5 Å². The third-order valence-corrected chi connectivity index (χ3v) is 3.82. The maximum Gasteiger partial charge on any atom is 0.356 e. The second-order valence-corrected chi connectivity index (χ2v) is 5.44. The van der Waals surface area contributed by atoms with Crippen molar-refractivity contribution in [2.45, 2.75) is 13.3 Å². The number of carbonyl (C=O) groups is 2. The first kappa shape index (κ1) is 16.4. The molecule has 0 saturated carbocycles. The highest BCUT2D eigenvalue weighted by Gasteiger charge is 2.15. The monoisotopic (exact) mass is 339 g/mol. The van der Waals surface area contributed by atoms with Crippen LogP contribution >= 0.6 is 0 Å². The molecule has 3 aromatic rings. The van der Waals surface area contributed by atoms with Gasteiger partial charge in [0.25, 0.3) is 5.91 Å². The van der Waals surface area contributed by atoms with Crippen molar-refractivity contribution >= 4 is 17.6 Å². The fourth-order valence-corrected chi connectivity index (χ4v) is 2.58. The number of amides is 1. The molecule has 0 fully saturated rings. The number of nitrogens with one attached hydrogen (secondary N) is 1. The Hall–Kier alpha value is -3.42. The van der Waals surface area contributed by atoms with E-state index in [4.69, 9.17) is 5.11 Å². The van der Waals surface area contributed by atoms with E-state index in [9.17, 15) is 9.59 Å². The molecule has 2 aromatic heterocycles. The molecule has 3 rings (SSSR count). The summed E-state index contributed by atoms with van der Waals surface area (Å²) in [6.07, 6.45) is 3.80. The number of anilines is 1. The number of hydrogen-bond donors (Lipinski definition) is 2. The number of aromatic carboxylic acids is 1. The topological polar surface area (TPSA) is 102 Å². The molecular formula is C17H17N5O3. The van der Waals surface area contributed by atoms with Crippen molar-refractivity contribution in [3.63, 3.8) is 0 Å². The Bertz CT molecular complexity index is 941. The van der Waals surface area contributed by atoms with Crippen LogP contribution in [-0.4, -0.2) is 36.5 Å². The molecule has 2 heterocycles. The second kappa shape index (κ2) is 6.60. The summed E-state index contributed by atoms with van der Waals surface area (Å²) >= 11 is 0. The van der Waals surface area contributed by atoms with E-state index in [2.05, 4.69) is 15.5 Å². The highest BCUT2D eigenvalue weighted by atomic mass is 16.4. The summed E-state index contributed by atoms with van der Waals surface area (Å²) in [6, 6.07) is 8.42. The first-order chi connectivity index (χ1) is 12.0. The molecule has 0 spiro atoms. The molecule has 1 aromatic carbocycles. The summed E-state index contributed by atoms with van der Waals surface area (Å²) in [7, 11) is 1.80. The smallest absolute Gasteiger partial charge is 0.356 e. The summed E-state index contributed by atoms with van der Waals surface area (Å²) < 4.78 is 3.13. The molecule has 8 heteroatoms. The van der Waals surface area contributed by atoms with Gasteiger partial charge in [-0.2, -0.15) is 10.2 Å². The van der Waals surface area contributed by atoms with Crippen molar-refractivity contribution in [2.75, 3.05) is 5.32 Å². The van der Waals surface area contributed by atoms with Crippen molar-refractivity contribution in [1.29, 1.82) is 0 Å². The zero-order valence-electron chi connectivity index (χ0n) is 13.8. The van der Waals surface area contributed by atoms with Crippen molar-refractivity contribution in [3.8, 4) is 5.69 Å². The van der Waals surface area contributed by atoms with Crippen LogP contribution in [0.4, 0.5) is 5.69 Å². The van der Waals surface area contributed by atoms with Crippen LogP contribution in [0.25, 0.3) is 5.69 Å². The van der Waals surface area contributed by atoms with Gasteiger partial charge in [-0.05, 0) is 30.7 Å². The Kier molecular flexibility index (Phi) is 4.34. The third kappa shape index (κ3) is 3.27. The van der Waals surface area contributed by atoms with Gasteiger partial charge in [-0.3, -0.25) is 9.48 Å². The maximum atomic E-state index is 12.5. The minimum atomic E-state index is -1.09. The average Bonchev–Trinajstić information content (AvgIpc) is 3.21. The minimum Gasteiger partial charge on any atom is -0.476 e. The van der Waals surface area contributed by atoms with Gasteiger partial charge in [0.1, 0.15) is 0 Å². The summed E-state index contributed by atoms with van der Waals surface area (Å²) in [4.78, 5) is 23.4. The predicted molar refractivity (Wildman–Crippen MR) is 91.1 cm³/mol. The highest BCUT2D eigenvalue weighted by Crippen LogP contribution is 2.17. The SMILES string of the molecule is CCc1c(C(=O)Nc2cccc(-n3ccc(C(=O)O)n3)c2)cnn1C. The van der Waals surface area contributed by atoms with Crippen molar-refractivity contribution in [3.05, 3.63) is 59.7 Å². The minimum absolute atomic E-state index is 0.0441. The Morgan fingerprint density at radius 3 is 2.76 bits per heavy atom. The van der Waals surface area contributed by atoms with E-state index in [0.717, 1.165) is 5.69 Å². The van der Waals surface area contributed by atoms with Crippen LogP contribution in [0.15, 0.2) is 42.7 Å². The molecule has 0 aliphatic rings. The van der Waals surface area contributed by atoms with E-state index in [1.54, 1.807) is 48.4 Å². The lowest BCUT2D eigenvalue weighted by Gasteiger charge is -2.08. The number of benzene rings is 1. The van der Waals surface area contributed by atoms with E-state index in [-0.39, 0.29) is 11.6 Å². The number of hydrogen-bond acceptors (Lipinski definition) is 4. The molecule has 0 saturated heterocycles. The zero-order chi connectivity index (χ0) is 18.0. The van der Waals surface area contributed by atoms with Crippen LogP contribution < -0.4 is 5.32 Å². The molecule has 1 amide bonds. The summed E-state index contributed by atoms with van der Waals surface area (Å²) in [5.74, 6) is -1.33. The first-order valence-electron chi connectivity index (χ1n) is 7.71. The zero-order valence-corrected chi connectivity index (χ0v) is 13.8. The maximum absolute atomic E-state index is 12.5. The normalized spacial score (nSPS) is 10.6. The molecule has 128 valence electrons. The predicted octanol–water partition coefficient (Wildman–Crippen LogP) is 2.12. The van der Waals surface area contributed by atoms with Gasteiger partial charge in [-0.15, -0.1) is 0 Å². The lowest BCUT2D eigenvalue weighted by atomic mass is 10.2. The Balaban J connectivity index is 1.84. The molecule has 0 aliphatic carbocycles. The van der Waals surface area contributed by atoms with Crippen LogP contribution in [0.3, 0.4) is 0 Å². The van der Waals surface area contributed by atoms with Crippen LogP contribution in [0, 0.1) is 0 Å². The number of carboxylic acid groups (broad SMARTS) is 1. The van der Waals surface area contributed by atoms with E-state index in [0.29, 0.717) is 23.4 Å². The quantitative estimate of drug-likeness (QED) is 0.741. The highest BCUT2D eigenvalue weighted by molar-refractivity contribution is 6.05. The van der Waals surface area contributed by atoms with Crippen molar-refractivity contribution in [2.24, 2.45) is 7.05 Å². The molecule has 0 aliphatic heterocycles.